The lowest BCUT2D eigenvalue weighted by atomic mass is 10.1. The fraction of sp³-hybridized carbons (Fsp3) is 0.118. The SMILES string of the molecule is Cc1cccc(NC(=O)C(=O)Nc2ccc(SC#N)cc2)c1C. The molecule has 0 atom stereocenters. The van der Waals surface area contributed by atoms with E-state index in [0.29, 0.717) is 11.4 Å². The Bertz CT molecular complexity index is 779. The summed E-state index contributed by atoms with van der Waals surface area (Å²) in [5.74, 6) is -1.47. The molecule has 0 spiro atoms. The molecule has 2 aromatic rings. The lowest BCUT2D eigenvalue weighted by molar-refractivity contribution is -0.133. The molecule has 0 saturated carbocycles. The van der Waals surface area contributed by atoms with E-state index >= 15 is 0 Å². The second-order valence-corrected chi connectivity index (χ2v) is 5.73. The molecule has 2 rings (SSSR count). The van der Waals surface area contributed by atoms with Crippen LogP contribution in [0.4, 0.5) is 11.4 Å². The molecule has 6 heteroatoms. The molecule has 0 saturated heterocycles. The van der Waals surface area contributed by atoms with Crippen LogP contribution in [0.25, 0.3) is 0 Å². The number of nitrogens with one attached hydrogen (secondary N) is 2. The Morgan fingerprint density at radius 1 is 1.00 bits per heavy atom. The zero-order valence-electron chi connectivity index (χ0n) is 12.7. The molecule has 2 N–H and O–H groups in total. The van der Waals surface area contributed by atoms with E-state index in [9.17, 15) is 9.59 Å². The number of thioether (sulfide) groups is 1. The van der Waals surface area contributed by atoms with Crippen LogP contribution in [-0.2, 0) is 9.59 Å². The minimum Gasteiger partial charge on any atom is -0.318 e. The average Bonchev–Trinajstić information content (AvgIpc) is 2.54. The van der Waals surface area contributed by atoms with E-state index in [2.05, 4.69) is 10.6 Å². The number of rotatable bonds is 3. The van der Waals surface area contributed by atoms with Crippen LogP contribution in [0.2, 0.25) is 0 Å². The third-order valence-corrected chi connectivity index (χ3v) is 3.93. The van der Waals surface area contributed by atoms with Gasteiger partial charge in [0.25, 0.3) is 0 Å². The van der Waals surface area contributed by atoms with Crippen molar-refractivity contribution in [2.45, 2.75) is 18.7 Å². The number of aryl methyl sites for hydroxylation is 1. The molecular weight excluding hydrogens is 310 g/mol. The van der Waals surface area contributed by atoms with Crippen LogP contribution in [0, 0.1) is 24.5 Å². The predicted molar refractivity (Wildman–Crippen MR) is 91.1 cm³/mol. The lowest BCUT2D eigenvalue weighted by Crippen LogP contribution is -2.29. The summed E-state index contributed by atoms with van der Waals surface area (Å²) in [4.78, 5) is 24.7. The Balaban J connectivity index is 2.01. The molecule has 5 nitrogen and oxygen atoms in total. The van der Waals surface area contributed by atoms with Crippen molar-refractivity contribution < 1.29 is 9.59 Å². The van der Waals surface area contributed by atoms with Gasteiger partial charge in [-0.05, 0) is 67.1 Å². The van der Waals surface area contributed by atoms with E-state index in [-0.39, 0.29) is 0 Å². The minimum atomic E-state index is -0.744. The molecule has 116 valence electrons. The quantitative estimate of drug-likeness (QED) is 0.514. The summed E-state index contributed by atoms with van der Waals surface area (Å²) in [6.07, 6.45) is 0. The number of thiocyanates is 1. The molecule has 0 radical (unpaired) electrons. The first-order valence-electron chi connectivity index (χ1n) is 6.86. The zero-order valence-corrected chi connectivity index (χ0v) is 13.5. The molecule has 0 unspecified atom stereocenters. The molecule has 0 aliphatic rings. The first-order chi connectivity index (χ1) is 11.0. The minimum absolute atomic E-state index is 0.494. The van der Waals surface area contributed by atoms with Crippen molar-refractivity contribution in [2.75, 3.05) is 10.6 Å². The van der Waals surface area contributed by atoms with E-state index < -0.39 is 11.8 Å². The van der Waals surface area contributed by atoms with Gasteiger partial charge in [0.2, 0.25) is 0 Å². The monoisotopic (exact) mass is 325 g/mol. The van der Waals surface area contributed by atoms with Gasteiger partial charge in [0, 0.05) is 16.3 Å². The van der Waals surface area contributed by atoms with E-state index in [1.807, 2.05) is 31.4 Å². The molecule has 23 heavy (non-hydrogen) atoms. The molecule has 0 aliphatic carbocycles. The highest BCUT2D eigenvalue weighted by Gasteiger charge is 2.15. The van der Waals surface area contributed by atoms with Crippen molar-refractivity contribution in [1.82, 2.24) is 0 Å². The normalized spacial score (nSPS) is 9.78. The van der Waals surface area contributed by atoms with Crippen molar-refractivity contribution >= 4 is 35.0 Å². The number of carbonyl (C=O) groups excluding carboxylic acids is 2. The zero-order chi connectivity index (χ0) is 16.8. The summed E-state index contributed by atoms with van der Waals surface area (Å²) in [6, 6.07) is 12.2. The van der Waals surface area contributed by atoms with Crippen LogP contribution in [0.3, 0.4) is 0 Å². The van der Waals surface area contributed by atoms with Crippen molar-refractivity contribution in [2.24, 2.45) is 0 Å². The van der Waals surface area contributed by atoms with Gasteiger partial charge in [0.15, 0.2) is 0 Å². The first-order valence-corrected chi connectivity index (χ1v) is 7.67. The first kappa shape index (κ1) is 16.6. The summed E-state index contributed by atoms with van der Waals surface area (Å²) in [6.45, 7) is 3.82. The number of anilines is 2. The molecular formula is C17H15N3O2S. The van der Waals surface area contributed by atoms with Gasteiger partial charge >= 0.3 is 11.8 Å². The number of hydrogen-bond acceptors (Lipinski definition) is 4. The molecule has 0 bridgehead atoms. The number of carbonyl (C=O) groups is 2. The summed E-state index contributed by atoms with van der Waals surface area (Å²) in [5.41, 5.74) is 3.07. The number of nitrogens with zero attached hydrogens (tertiary/aromatic N) is 1. The Hall–Kier alpha value is -2.78. The van der Waals surface area contributed by atoms with E-state index in [1.54, 1.807) is 30.3 Å². The molecule has 0 fully saturated rings. The van der Waals surface area contributed by atoms with Gasteiger partial charge in [-0.25, -0.2) is 0 Å². The molecule has 0 aliphatic heterocycles. The average molecular weight is 325 g/mol. The fourth-order valence-corrected chi connectivity index (χ4v) is 2.29. The van der Waals surface area contributed by atoms with Gasteiger partial charge in [-0.15, -0.1) is 0 Å². The van der Waals surface area contributed by atoms with Gasteiger partial charge in [-0.3, -0.25) is 9.59 Å². The van der Waals surface area contributed by atoms with Crippen molar-refractivity contribution in [3.63, 3.8) is 0 Å². The molecule has 2 aromatic carbocycles. The number of nitriles is 1. The lowest BCUT2D eigenvalue weighted by Gasteiger charge is -2.10. The van der Waals surface area contributed by atoms with E-state index in [4.69, 9.17) is 5.26 Å². The van der Waals surface area contributed by atoms with Crippen LogP contribution < -0.4 is 10.6 Å². The molecule has 0 heterocycles. The standard InChI is InChI=1S/C17H15N3O2S/c1-11-4-3-5-15(12(11)2)20-17(22)16(21)19-13-6-8-14(9-7-13)23-10-18/h3-9H,1-2H3,(H,19,21)(H,20,22). The molecule has 2 amide bonds. The molecule has 0 aromatic heterocycles. The maximum Gasteiger partial charge on any atom is 0.314 e. The second-order valence-electron chi connectivity index (χ2n) is 4.87. The van der Waals surface area contributed by atoms with Crippen molar-refractivity contribution in [1.29, 1.82) is 5.26 Å². The summed E-state index contributed by atoms with van der Waals surface area (Å²) in [5, 5.41) is 15.7. The number of amides is 2. The van der Waals surface area contributed by atoms with Gasteiger partial charge in [-0.2, -0.15) is 5.26 Å². The number of benzene rings is 2. The van der Waals surface area contributed by atoms with Crippen molar-refractivity contribution in [3.8, 4) is 5.40 Å². The largest absolute Gasteiger partial charge is 0.318 e. The second kappa shape index (κ2) is 7.47. The van der Waals surface area contributed by atoms with Crippen LogP contribution >= 0.6 is 11.8 Å². The fourth-order valence-electron chi connectivity index (χ4n) is 1.91. The third kappa shape index (κ3) is 4.34. The topological polar surface area (TPSA) is 82.0 Å². The van der Waals surface area contributed by atoms with Crippen LogP contribution in [0.15, 0.2) is 47.4 Å². The summed E-state index contributed by atoms with van der Waals surface area (Å²) >= 11 is 1.03. The summed E-state index contributed by atoms with van der Waals surface area (Å²) in [7, 11) is 0. The highest BCUT2D eigenvalue weighted by Crippen LogP contribution is 2.20. The summed E-state index contributed by atoms with van der Waals surface area (Å²) < 4.78 is 0. The number of hydrogen-bond donors (Lipinski definition) is 2. The van der Waals surface area contributed by atoms with Gasteiger partial charge < -0.3 is 10.6 Å². The Morgan fingerprint density at radius 2 is 1.65 bits per heavy atom. The Kier molecular flexibility index (Phi) is 5.39. The van der Waals surface area contributed by atoms with Crippen molar-refractivity contribution in [3.05, 3.63) is 53.6 Å². The van der Waals surface area contributed by atoms with E-state index in [0.717, 1.165) is 27.8 Å². The highest BCUT2D eigenvalue weighted by molar-refractivity contribution is 8.03. The van der Waals surface area contributed by atoms with Crippen LogP contribution in [0.1, 0.15) is 11.1 Å². The van der Waals surface area contributed by atoms with Crippen LogP contribution in [0.5, 0.6) is 0 Å². The highest BCUT2D eigenvalue weighted by atomic mass is 32.2. The smallest absolute Gasteiger partial charge is 0.314 e. The van der Waals surface area contributed by atoms with Gasteiger partial charge in [0.05, 0.1) is 0 Å². The Labute approximate surface area is 138 Å². The predicted octanol–water partition coefficient (Wildman–Crippen LogP) is 3.45. The maximum atomic E-state index is 12.0. The van der Waals surface area contributed by atoms with Gasteiger partial charge in [0.1, 0.15) is 5.40 Å². The van der Waals surface area contributed by atoms with E-state index in [1.165, 1.54) is 0 Å². The van der Waals surface area contributed by atoms with Gasteiger partial charge in [-0.1, -0.05) is 12.1 Å². The Morgan fingerprint density at radius 3 is 2.30 bits per heavy atom. The third-order valence-electron chi connectivity index (χ3n) is 3.33. The van der Waals surface area contributed by atoms with Crippen LogP contribution in [-0.4, -0.2) is 11.8 Å². The maximum absolute atomic E-state index is 12.0.